The molecule has 4 rings (SSSR count). The number of para-hydroxylation sites is 1. The molecule has 0 aliphatic heterocycles. The zero-order valence-electron chi connectivity index (χ0n) is 16.0. The maximum absolute atomic E-state index is 13.1. The number of carbonyl (C=O) groups is 2. The van der Waals surface area contributed by atoms with Gasteiger partial charge in [-0.2, -0.15) is 0 Å². The van der Waals surface area contributed by atoms with E-state index in [1.54, 1.807) is 4.57 Å². The Labute approximate surface area is 158 Å². The molecule has 0 N–H and O–H groups in total. The van der Waals surface area contributed by atoms with Crippen LogP contribution in [0.5, 0.6) is 0 Å². The number of nitrogens with zero attached hydrogens (tertiary/aromatic N) is 1. The van der Waals surface area contributed by atoms with E-state index in [1.807, 2.05) is 82.3 Å². The summed E-state index contributed by atoms with van der Waals surface area (Å²) in [4.78, 5) is 26.3. The predicted molar refractivity (Wildman–Crippen MR) is 105 cm³/mol. The van der Waals surface area contributed by atoms with Gasteiger partial charge in [0.25, 0.3) is 0 Å². The summed E-state index contributed by atoms with van der Waals surface area (Å²) < 4.78 is 7.29. The Bertz CT molecular complexity index is 1040. The van der Waals surface area contributed by atoms with Crippen molar-refractivity contribution in [1.82, 2.24) is 4.57 Å². The van der Waals surface area contributed by atoms with Crippen LogP contribution in [0.2, 0.25) is 0 Å². The minimum absolute atomic E-state index is 0.0809. The van der Waals surface area contributed by atoms with Crippen LogP contribution in [0, 0.1) is 5.92 Å². The number of fused-ring (bicyclic) bond motifs is 3. The van der Waals surface area contributed by atoms with Gasteiger partial charge in [-0.15, -0.1) is 0 Å². The Morgan fingerprint density at radius 2 is 1.63 bits per heavy atom. The van der Waals surface area contributed by atoms with Gasteiger partial charge in [-0.25, -0.2) is 9.36 Å². The third-order valence-corrected chi connectivity index (χ3v) is 5.10. The predicted octanol–water partition coefficient (Wildman–Crippen LogP) is 5.39. The Kier molecular flexibility index (Phi) is 3.95. The number of hydrogen-bond acceptors (Lipinski definition) is 3. The third kappa shape index (κ3) is 2.76. The van der Waals surface area contributed by atoms with Crippen molar-refractivity contribution in [2.75, 3.05) is 0 Å². The third-order valence-electron chi connectivity index (χ3n) is 5.10. The number of ketones is 1. The molecule has 0 saturated heterocycles. The molecule has 1 aliphatic carbocycles. The zero-order valence-corrected chi connectivity index (χ0v) is 16.0. The number of aromatic nitrogens is 1. The molecule has 0 bridgehead atoms. The molecular formula is C23H23NO3. The second-order valence-electron chi connectivity index (χ2n) is 8.13. The molecule has 0 spiro atoms. The van der Waals surface area contributed by atoms with E-state index in [2.05, 4.69) is 0 Å². The van der Waals surface area contributed by atoms with Gasteiger partial charge in [0, 0.05) is 28.5 Å². The van der Waals surface area contributed by atoms with Crippen LogP contribution in [-0.4, -0.2) is 22.0 Å². The summed E-state index contributed by atoms with van der Waals surface area (Å²) in [5.74, 6) is -0.318. The number of carbonyl (C=O) groups excluding carboxylic acids is 2. The van der Waals surface area contributed by atoms with Gasteiger partial charge in [0.05, 0.1) is 5.52 Å². The monoisotopic (exact) mass is 361 g/mol. The maximum atomic E-state index is 13.1. The van der Waals surface area contributed by atoms with Crippen molar-refractivity contribution in [3.05, 3.63) is 71.4 Å². The molecule has 3 aromatic rings. The molecule has 0 radical (unpaired) electrons. The summed E-state index contributed by atoms with van der Waals surface area (Å²) in [6.07, 6.45) is -0.442. The van der Waals surface area contributed by atoms with Crippen molar-refractivity contribution in [2.45, 2.75) is 39.2 Å². The quantitative estimate of drug-likeness (QED) is 0.584. The second-order valence-corrected chi connectivity index (χ2v) is 8.13. The van der Waals surface area contributed by atoms with Gasteiger partial charge in [0.2, 0.25) is 0 Å². The first-order chi connectivity index (χ1) is 12.8. The van der Waals surface area contributed by atoms with E-state index in [0.717, 1.165) is 22.2 Å². The van der Waals surface area contributed by atoms with E-state index in [1.165, 1.54) is 0 Å². The van der Waals surface area contributed by atoms with Gasteiger partial charge in [-0.3, -0.25) is 4.79 Å². The SMILES string of the molecule is CC1C(=O)c2c(n(C(=O)OC(C)(C)C)c3ccccc23)C1c1ccccc1. The van der Waals surface area contributed by atoms with E-state index in [-0.39, 0.29) is 17.6 Å². The van der Waals surface area contributed by atoms with Crippen LogP contribution in [0.3, 0.4) is 0 Å². The zero-order chi connectivity index (χ0) is 19.3. The van der Waals surface area contributed by atoms with Crippen LogP contribution in [-0.2, 0) is 4.74 Å². The molecule has 0 amide bonds. The summed E-state index contributed by atoms with van der Waals surface area (Å²) in [5.41, 5.74) is 2.53. The van der Waals surface area contributed by atoms with E-state index >= 15 is 0 Å². The summed E-state index contributed by atoms with van der Waals surface area (Å²) >= 11 is 0. The van der Waals surface area contributed by atoms with Crippen LogP contribution in [0.4, 0.5) is 4.79 Å². The maximum Gasteiger partial charge on any atom is 0.419 e. The van der Waals surface area contributed by atoms with Gasteiger partial charge in [-0.05, 0) is 32.4 Å². The Morgan fingerprint density at radius 3 is 2.30 bits per heavy atom. The first-order valence-corrected chi connectivity index (χ1v) is 9.25. The lowest BCUT2D eigenvalue weighted by Gasteiger charge is -2.23. The standard InChI is InChI=1S/C23H23NO3/c1-14-18(15-10-6-5-7-11-15)20-19(21(14)25)16-12-8-9-13-17(16)24(20)22(26)27-23(2,3)4/h5-14,18H,1-4H3. The molecule has 0 fully saturated rings. The van der Waals surface area contributed by atoms with Gasteiger partial charge in [0.15, 0.2) is 5.78 Å². The number of ether oxygens (including phenoxy) is 1. The van der Waals surface area contributed by atoms with Crippen LogP contribution in [0.15, 0.2) is 54.6 Å². The van der Waals surface area contributed by atoms with Crippen LogP contribution in [0.25, 0.3) is 10.9 Å². The molecule has 4 nitrogen and oxygen atoms in total. The number of Topliss-reactive ketones (excluding diaryl/α,β-unsaturated/α-hetero) is 1. The van der Waals surface area contributed by atoms with E-state index in [9.17, 15) is 9.59 Å². The van der Waals surface area contributed by atoms with Crippen molar-refractivity contribution < 1.29 is 14.3 Å². The molecule has 1 aromatic heterocycles. The van der Waals surface area contributed by atoms with E-state index in [4.69, 9.17) is 4.74 Å². The molecule has 138 valence electrons. The Balaban J connectivity index is 2.01. The lowest BCUT2D eigenvalue weighted by atomic mass is 9.88. The summed E-state index contributed by atoms with van der Waals surface area (Å²) in [7, 11) is 0. The van der Waals surface area contributed by atoms with E-state index < -0.39 is 11.7 Å². The van der Waals surface area contributed by atoms with Crippen molar-refractivity contribution in [3.63, 3.8) is 0 Å². The molecule has 4 heteroatoms. The fourth-order valence-corrected chi connectivity index (χ4v) is 4.04. The second kappa shape index (κ2) is 6.08. The first-order valence-electron chi connectivity index (χ1n) is 9.25. The average molecular weight is 361 g/mol. The van der Waals surface area contributed by atoms with Crippen LogP contribution >= 0.6 is 0 Å². The van der Waals surface area contributed by atoms with Gasteiger partial charge < -0.3 is 4.74 Å². The minimum Gasteiger partial charge on any atom is -0.443 e. The molecule has 2 aromatic carbocycles. The number of benzene rings is 2. The van der Waals surface area contributed by atoms with Gasteiger partial charge >= 0.3 is 6.09 Å². The van der Waals surface area contributed by atoms with Crippen molar-refractivity contribution in [3.8, 4) is 0 Å². The molecule has 27 heavy (non-hydrogen) atoms. The molecular weight excluding hydrogens is 338 g/mol. The smallest absolute Gasteiger partial charge is 0.419 e. The fraction of sp³-hybridized carbons (Fsp3) is 0.304. The lowest BCUT2D eigenvalue weighted by molar-refractivity contribution is 0.0538. The van der Waals surface area contributed by atoms with Crippen molar-refractivity contribution in [1.29, 1.82) is 0 Å². The summed E-state index contributed by atoms with van der Waals surface area (Å²) in [6, 6.07) is 17.5. The lowest BCUT2D eigenvalue weighted by Crippen LogP contribution is -2.28. The van der Waals surface area contributed by atoms with Crippen LogP contribution < -0.4 is 0 Å². The highest BCUT2D eigenvalue weighted by atomic mass is 16.6. The summed E-state index contributed by atoms with van der Waals surface area (Å²) in [5, 5.41) is 0.814. The largest absolute Gasteiger partial charge is 0.443 e. The van der Waals surface area contributed by atoms with Crippen molar-refractivity contribution in [2.24, 2.45) is 5.92 Å². The molecule has 1 aliphatic rings. The Hall–Kier alpha value is -2.88. The molecule has 2 unspecified atom stereocenters. The first kappa shape index (κ1) is 17.5. The highest BCUT2D eigenvalue weighted by Crippen LogP contribution is 2.46. The van der Waals surface area contributed by atoms with Gasteiger partial charge in [-0.1, -0.05) is 55.5 Å². The molecule has 1 heterocycles. The minimum atomic E-state index is -0.619. The number of hydrogen-bond donors (Lipinski definition) is 0. The highest BCUT2D eigenvalue weighted by Gasteiger charge is 2.44. The highest BCUT2D eigenvalue weighted by molar-refractivity contribution is 6.15. The number of rotatable bonds is 1. The average Bonchev–Trinajstić information content (AvgIpc) is 3.07. The molecule has 0 saturated carbocycles. The van der Waals surface area contributed by atoms with E-state index in [0.29, 0.717) is 5.56 Å². The Morgan fingerprint density at radius 1 is 1.00 bits per heavy atom. The normalized spacial score (nSPS) is 19.3. The fourth-order valence-electron chi connectivity index (χ4n) is 4.04. The summed E-state index contributed by atoms with van der Waals surface area (Å²) in [6.45, 7) is 7.48. The van der Waals surface area contributed by atoms with Crippen LogP contribution in [0.1, 0.15) is 55.2 Å². The van der Waals surface area contributed by atoms with Crippen molar-refractivity contribution >= 4 is 22.8 Å². The van der Waals surface area contributed by atoms with Gasteiger partial charge in [0.1, 0.15) is 5.60 Å². The topological polar surface area (TPSA) is 48.3 Å². The molecule has 2 atom stereocenters.